The summed E-state index contributed by atoms with van der Waals surface area (Å²) < 4.78 is 0. The fourth-order valence-electron chi connectivity index (χ4n) is 2.35. The SMILES string of the molecule is C=N/C(=C\C=C/C)c1nc(=O)c2c3c(sc2[nH]1)CSCC3. The van der Waals surface area contributed by atoms with E-state index >= 15 is 0 Å². The van der Waals surface area contributed by atoms with Gasteiger partial charge in [0.25, 0.3) is 5.56 Å². The van der Waals surface area contributed by atoms with Crippen LogP contribution in [0.15, 0.2) is 28.0 Å². The summed E-state index contributed by atoms with van der Waals surface area (Å²) in [4.78, 5) is 25.9. The van der Waals surface area contributed by atoms with Crippen molar-refractivity contribution in [1.82, 2.24) is 9.97 Å². The number of aliphatic imine (C=N–C) groups is 1. The molecule has 0 saturated carbocycles. The van der Waals surface area contributed by atoms with Crippen molar-refractivity contribution in [2.45, 2.75) is 19.1 Å². The number of aryl methyl sites for hydroxylation is 1. The van der Waals surface area contributed by atoms with E-state index in [1.54, 1.807) is 17.4 Å². The molecule has 0 unspecified atom stereocenters. The van der Waals surface area contributed by atoms with Gasteiger partial charge in [0, 0.05) is 10.6 Å². The molecule has 3 heterocycles. The second-order valence-corrected chi connectivity index (χ2v) is 6.85. The van der Waals surface area contributed by atoms with Crippen LogP contribution in [0.2, 0.25) is 0 Å². The minimum atomic E-state index is -0.168. The first kappa shape index (κ1) is 14.3. The van der Waals surface area contributed by atoms with Gasteiger partial charge in [-0.3, -0.25) is 9.79 Å². The molecule has 21 heavy (non-hydrogen) atoms. The van der Waals surface area contributed by atoms with Crippen molar-refractivity contribution in [1.29, 1.82) is 0 Å². The average molecular weight is 317 g/mol. The largest absolute Gasteiger partial charge is 0.329 e. The molecule has 0 bridgehead atoms. The van der Waals surface area contributed by atoms with E-state index in [1.807, 2.05) is 30.8 Å². The third kappa shape index (κ3) is 2.61. The van der Waals surface area contributed by atoms with Crippen LogP contribution in [-0.2, 0) is 12.2 Å². The fraction of sp³-hybridized carbons (Fsp3) is 0.267. The molecule has 0 spiro atoms. The molecule has 1 aliphatic heterocycles. The molecule has 0 fully saturated rings. The molecule has 0 radical (unpaired) electrons. The highest BCUT2D eigenvalue weighted by Gasteiger charge is 2.20. The molecule has 0 amide bonds. The van der Waals surface area contributed by atoms with Crippen LogP contribution < -0.4 is 5.56 Å². The van der Waals surface area contributed by atoms with Crippen molar-refractivity contribution >= 4 is 45.7 Å². The van der Waals surface area contributed by atoms with Gasteiger partial charge in [-0.1, -0.05) is 12.2 Å². The van der Waals surface area contributed by atoms with E-state index in [0.717, 1.165) is 28.1 Å². The molecule has 1 aliphatic rings. The molecule has 2 aromatic heterocycles. The number of thiophene rings is 1. The second kappa shape index (κ2) is 5.99. The molecular formula is C15H15N3OS2. The minimum Gasteiger partial charge on any atom is -0.329 e. The molecule has 0 aliphatic carbocycles. The zero-order chi connectivity index (χ0) is 14.8. The highest BCUT2D eigenvalue weighted by molar-refractivity contribution is 7.98. The molecule has 4 nitrogen and oxygen atoms in total. The number of thioether (sulfide) groups is 1. The van der Waals surface area contributed by atoms with Crippen molar-refractivity contribution in [3.63, 3.8) is 0 Å². The first-order chi connectivity index (χ1) is 10.2. The quantitative estimate of drug-likeness (QED) is 0.697. The number of nitrogens with one attached hydrogen (secondary N) is 1. The smallest absolute Gasteiger partial charge is 0.282 e. The number of aromatic nitrogens is 2. The lowest BCUT2D eigenvalue weighted by atomic mass is 10.1. The van der Waals surface area contributed by atoms with Gasteiger partial charge in [-0.2, -0.15) is 16.7 Å². The van der Waals surface area contributed by atoms with Crippen LogP contribution in [0.3, 0.4) is 0 Å². The van der Waals surface area contributed by atoms with E-state index in [0.29, 0.717) is 11.5 Å². The number of fused-ring (bicyclic) bond motifs is 3. The van der Waals surface area contributed by atoms with Crippen molar-refractivity contribution in [3.8, 4) is 0 Å². The molecule has 108 valence electrons. The Balaban J connectivity index is 2.20. The highest BCUT2D eigenvalue weighted by atomic mass is 32.2. The van der Waals surface area contributed by atoms with Crippen LogP contribution in [-0.4, -0.2) is 22.4 Å². The van der Waals surface area contributed by atoms with E-state index < -0.39 is 0 Å². The molecule has 0 aromatic carbocycles. The molecule has 1 N–H and O–H groups in total. The molecule has 6 heteroatoms. The summed E-state index contributed by atoms with van der Waals surface area (Å²) in [5.41, 5.74) is 1.59. The molecule has 0 atom stereocenters. The van der Waals surface area contributed by atoms with Crippen LogP contribution in [0.4, 0.5) is 0 Å². The summed E-state index contributed by atoms with van der Waals surface area (Å²) in [6.45, 7) is 5.47. The normalized spacial score (nSPS) is 15.6. The Bertz CT molecular complexity index is 814. The van der Waals surface area contributed by atoms with E-state index in [4.69, 9.17) is 0 Å². The van der Waals surface area contributed by atoms with Crippen molar-refractivity contribution in [3.05, 3.63) is 44.8 Å². The number of nitrogens with zero attached hydrogens (tertiary/aromatic N) is 2. The Morgan fingerprint density at radius 3 is 3.14 bits per heavy atom. The topological polar surface area (TPSA) is 58.1 Å². The molecular weight excluding hydrogens is 302 g/mol. The second-order valence-electron chi connectivity index (χ2n) is 4.64. The van der Waals surface area contributed by atoms with E-state index in [-0.39, 0.29) is 5.56 Å². The lowest BCUT2D eigenvalue weighted by Gasteiger charge is -2.09. The average Bonchev–Trinajstić information content (AvgIpc) is 2.86. The summed E-state index contributed by atoms with van der Waals surface area (Å²) in [6.07, 6.45) is 6.48. The van der Waals surface area contributed by atoms with Gasteiger partial charge in [0.15, 0.2) is 5.82 Å². The number of hydrogen-bond donors (Lipinski definition) is 1. The van der Waals surface area contributed by atoms with Crippen LogP contribution >= 0.6 is 23.1 Å². The minimum absolute atomic E-state index is 0.168. The van der Waals surface area contributed by atoms with Gasteiger partial charge in [0.05, 0.1) is 5.39 Å². The lowest BCUT2D eigenvalue weighted by Crippen LogP contribution is -2.12. The highest BCUT2D eigenvalue weighted by Crippen LogP contribution is 2.35. The maximum Gasteiger partial charge on any atom is 0.282 e. The van der Waals surface area contributed by atoms with Crippen molar-refractivity contribution in [2.24, 2.45) is 4.99 Å². The fourth-order valence-corrected chi connectivity index (χ4v) is 4.73. The van der Waals surface area contributed by atoms with Gasteiger partial charge in [-0.05, 0) is 37.5 Å². The van der Waals surface area contributed by atoms with Gasteiger partial charge >= 0.3 is 0 Å². The van der Waals surface area contributed by atoms with Gasteiger partial charge in [0.1, 0.15) is 10.5 Å². The standard InChI is InChI=1S/C15H15N3OS2/c1-3-4-5-10(16-2)13-17-14(19)12-9-6-7-20-8-11(9)21-15(12)18-13/h3-5H,2,6-8H2,1H3,(H,17,18,19)/b4-3-,10-5-. The molecule has 3 rings (SSSR count). The predicted octanol–water partition coefficient (Wildman–Crippen LogP) is 3.39. The number of hydrogen-bond acceptors (Lipinski definition) is 5. The van der Waals surface area contributed by atoms with E-state index in [9.17, 15) is 4.79 Å². The summed E-state index contributed by atoms with van der Waals surface area (Å²) in [6, 6.07) is 0. The summed E-state index contributed by atoms with van der Waals surface area (Å²) in [5.74, 6) is 2.53. The third-order valence-electron chi connectivity index (χ3n) is 3.34. The zero-order valence-corrected chi connectivity index (χ0v) is 13.3. The van der Waals surface area contributed by atoms with Crippen LogP contribution in [0.25, 0.3) is 15.9 Å². The zero-order valence-electron chi connectivity index (χ0n) is 11.7. The Labute approximate surface area is 130 Å². The first-order valence-electron chi connectivity index (χ1n) is 6.67. The Kier molecular flexibility index (Phi) is 4.07. The number of aromatic amines is 1. The molecule has 2 aromatic rings. The Morgan fingerprint density at radius 2 is 2.38 bits per heavy atom. The van der Waals surface area contributed by atoms with Crippen LogP contribution in [0.5, 0.6) is 0 Å². The van der Waals surface area contributed by atoms with Crippen LogP contribution in [0.1, 0.15) is 23.2 Å². The summed E-state index contributed by atoms with van der Waals surface area (Å²) in [7, 11) is 0. The lowest BCUT2D eigenvalue weighted by molar-refractivity contribution is 1.09. The number of H-pyrrole nitrogens is 1. The van der Waals surface area contributed by atoms with E-state index in [1.165, 1.54) is 10.4 Å². The number of rotatable bonds is 3. The maximum atomic E-state index is 12.4. The van der Waals surface area contributed by atoms with Crippen molar-refractivity contribution in [2.75, 3.05) is 5.75 Å². The predicted molar refractivity (Wildman–Crippen MR) is 92.4 cm³/mol. The Morgan fingerprint density at radius 1 is 1.52 bits per heavy atom. The van der Waals surface area contributed by atoms with E-state index in [2.05, 4.69) is 21.7 Å². The monoisotopic (exact) mass is 317 g/mol. The van der Waals surface area contributed by atoms with Gasteiger partial charge in [0.2, 0.25) is 0 Å². The third-order valence-corrected chi connectivity index (χ3v) is 5.65. The maximum absolute atomic E-state index is 12.4. The first-order valence-corrected chi connectivity index (χ1v) is 8.64. The number of allylic oxidation sites excluding steroid dienone is 3. The van der Waals surface area contributed by atoms with Gasteiger partial charge in [-0.15, -0.1) is 11.3 Å². The van der Waals surface area contributed by atoms with Crippen molar-refractivity contribution < 1.29 is 0 Å². The van der Waals surface area contributed by atoms with Gasteiger partial charge < -0.3 is 4.98 Å². The Hall–Kier alpha value is -1.66. The van der Waals surface area contributed by atoms with Crippen LogP contribution in [0, 0.1) is 0 Å². The van der Waals surface area contributed by atoms with Gasteiger partial charge in [-0.25, -0.2) is 0 Å². The molecule has 0 saturated heterocycles. The summed E-state index contributed by atoms with van der Waals surface area (Å²) in [5, 5.41) is 0.758. The summed E-state index contributed by atoms with van der Waals surface area (Å²) >= 11 is 3.57.